The molecule has 0 saturated heterocycles. The maximum Gasteiger partial charge on any atom is 0.317 e. The quantitative estimate of drug-likeness (QED) is 0.735. The molecule has 0 radical (unpaired) electrons. The van der Waals surface area contributed by atoms with E-state index in [0.29, 0.717) is 17.8 Å². The molecule has 1 aromatic heterocycles. The molecule has 0 atom stereocenters. The van der Waals surface area contributed by atoms with Gasteiger partial charge in [-0.25, -0.2) is 4.98 Å². The van der Waals surface area contributed by atoms with Gasteiger partial charge in [0.2, 0.25) is 0 Å². The number of nitrogens with one attached hydrogen (secondary N) is 1. The van der Waals surface area contributed by atoms with Crippen molar-refractivity contribution >= 4 is 16.9 Å². The molecule has 0 aliphatic rings. The number of aromatic nitrogens is 1. The van der Waals surface area contributed by atoms with E-state index < -0.39 is 5.97 Å². The number of nitrogens with zero attached hydrogens (tertiary/aromatic N) is 1. The summed E-state index contributed by atoms with van der Waals surface area (Å²) < 4.78 is 0. The van der Waals surface area contributed by atoms with E-state index in [-0.39, 0.29) is 12.3 Å². The van der Waals surface area contributed by atoms with E-state index in [1.54, 1.807) is 18.2 Å². The van der Waals surface area contributed by atoms with E-state index in [2.05, 4.69) is 10.3 Å². The van der Waals surface area contributed by atoms with Gasteiger partial charge in [-0.15, -0.1) is 0 Å². The molecule has 0 spiro atoms. The first kappa shape index (κ1) is 11.3. The number of benzene rings is 1. The van der Waals surface area contributed by atoms with Gasteiger partial charge in [0.05, 0.1) is 12.2 Å². The van der Waals surface area contributed by atoms with Crippen LogP contribution in [0.4, 0.5) is 0 Å². The Kier molecular flexibility index (Phi) is 3.20. The van der Waals surface area contributed by atoms with Crippen molar-refractivity contribution < 1.29 is 15.0 Å². The SMILES string of the molecule is O=C(O)CNCc1ccc2cccc(O)c2n1. The Labute approximate surface area is 97.7 Å². The second-order valence-corrected chi connectivity index (χ2v) is 3.65. The zero-order valence-corrected chi connectivity index (χ0v) is 9.05. The Morgan fingerprint density at radius 1 is 1.29 bits per heavy atom. The summed E-state index contributed by atoms with van der Waals surface area (Å²) in [6.07, 6.45) is 0. The highest BCUT2D eigenvalue weighted by Crippen LogP contribution is 2.22. The van der Waals surface area contributed by atoms with Gasteiger partial charge in [-0.1, -0.05) is 18.2 Å². The summed E-state index contributed by atoms with van der Waals surface area (Å²) in [6, 6.07) is 8.83. The molecule has 0 unspecified atom stereocenters. The lowest BCUT2D eigenvalue weighted by molar-refractivity contribution is -0.135. The molecule has 3 N–H and O–H groups in total. The zero-order valence-electron chi connectivity index (χ0n) is 9.05. The van der Waals surface area contributed by atoms with Crippen LogP contribution in [0.3, 0.4) is 0 Å². The Balaban J connectivity index is 2.19. The topological polar surface area (TPSA) is 82.5 Å². The Bertz CT molecular complexity index is 554. The number of aromatic hydroxyl groups is 1. The third-order valence-corrected chi connectivity index (χ3v) is 2.34. The Morgan fingerprint density at radius 3 is 2.88 bits per heavy atom. The maximum atomic E-state index is 10.3. The molecule has 88 valence electrons. The van der Waals surface area contributed by atoms with Crippen molar-refractivity contribution in [3.05, 3.63) is 36.0 Å². The third kappa shape index (κ3) is 2.70. The monoisotopic (exact) mass is 232 g/mol. The first-order valence-electron chi connectivity index (χ1n) is 5.17. The van der Waals surface area contributed by atoms with Crippen molar-refractivity contribution in [2.24, 2.45) is 0 Å². The molecule has 1 heterocycles. The number of carboxylic acids is 1. The van der Waals surface area contributed by atoms with Crippen molar-refractivity contribution in [1.29, 1.82) is 0 Å². The number of para-hydroxylation sites is 1. The van der Waals surface area contributed by atoms with Crippen LogP contribution in [0.1, 0.15) is 5.69 Å². The molecular formula is C12H12N2O3. The Morgan fingerprint density at radius 2 is 2.12 bits per heavy atom. The summed E-state index contributed by atoms with van der Waals surface area (Å²) >= 11 is 0. The molecule has 2 rings (SSSR count). The lowest BCUT2D eigenvalue weighted by Crippen LogP contribution is -2.22. The highest BCUT2D eigenvalue weighted by atomic mass is 16.4. The molecule has 2 aromatic rings. The second kappa shape index (κ2) is 4.80. The van der Waals surface area contributed by atoms with Crippen LogP contribution in [0.25, 0.3) is 10.9 Å². The molecule has 0 amide bonds. The maximum absolute atomic E-state index is 10.3. The zero-order chi connectivity index (χ0) is 12.3. The van der Waals surface area contributed by atoms with Crippen LogP contribution >= 0.6 is 0 Å². The second-order valence-electron chi connectivity index (χ2n) is 3.65. The van der Waals surface area contributed by atoms with Gasteiger partial charge in [0, 0.05) is 11.9 Å². The third-order valence-electron chi connectivity index (χ3n) is 2.34. The standard InChI is InChI=1S/C12H12N2O3/c15-10-3-1-2-8-4-5-9(14-12(8)10)6-13-7-11(16)17/h1-5,13,15H,6-7H2,(H,16,17). The molecule has 0 fully saturated rings. The van der Waals surface area contributed by atoms with Gasteiger partial charge >= 0.3 is 5.97 Å². The van der Waals surface area contributed by atoms with Crippen molar-refractivity contribution in [2.45, 2.75) is 6.54 Å². The van der Waals surface area contributed by atoms with Gasteiger partial charge in [0.1, 0.15) is 11.3 Å². The number of aliphatic carboxylic acids is 1. The van der Waals surface area contributed by atoms with E-state index in [4.69, 9.17) is 5.11 Å². The molecule has 0 saturated carbocycles. The van der Waals surface area contributed by atoms with Crippen LogP contribution in [0.5, 0.6) is 5.75 Å². The molecule has 17 heavy (non-hydrogen) atoms. The fraction of sp³-hybridized carbons (Fsp3) is 0.167. The summed E-state index contributed by atoms with van der Waals surface area (Å²) in [4.78, 5) is 14.6. The number of phenols is 1. The van der Waals surface area contributed by atoms with E-state index in [9.17, 15) is 9.90 Å². The molecular weight excluding hydrogens is 220 g/mol. The minimum absolute atomic E-state index is 0.111. The molecule has 5 nitrogen and oxygen atoms in total. The highest BCUT2D eigenvalue weighted by Gasteiger charge is 2.03. The fourth-order valence-electron chi connectivity index (χ4n) is 1.57. The van der Waals surface area contributed by atoms with Crippen LogP contribution in [0.2, 0.25) is 0 Å². The van der Waals surface area contributed by atoms with Gasteiger partial charge in [0.15, 0.2) is 0 Å². The number of hydrogen-bond donors (Lipinski definition) is 3. The van der Waals surface area contributed by atoms with Gasteiger partial charge in [-0.3, -0.25) is 4.79 Å². The van der Waals surface area contributed by atoms with Crippen LogP contribution < -0.4 is 5.32 Å². The minimum atomic E-state index is -0.909. The van der Waals surface area contributed by atoms with Crippen molar-refractivity contribution in [1.82, 2.24) is 10.3 Å². The summed E-state index contributed by atoms with van der Waals surface area (Å²) in [5.74, 6) is -0.781. The minimum Gasteiger partial charge on any atom is -0.506 e. The average molecular weight is 232 g/mol. The van der Waals surface area contributed by atoms with Crippen LogP contribution in [0.15, 0.2) is 30.3 Å². The molecule has 0 aliphatic heterocycles. The van der Waals surface area contributed by atoms with Crippen LogP contribution in [0, 0.1) is 0 Å². The van der Waals surface area contributed by atoms with Crippen LogP contribution in [-0.2, 0) is 11.3 Å². The molecule has 5 heteroatoms. The van der Waals surface area contributed by atoms with Gasteiger partial charge < -0.3 is 15.5 Å². The first-order chi connectivity index (χ1) is 8.16. The van der Waals surface area contributed by atoms with Crippen molar-refractivity contribution in [2.75, 3.05) is 6.54 Å². The predicted molar refractivity (Wildman–Crippen MR) is 62.8 cm³/mol. The molecule has 1 aromatic carbocycles. The largest absolute Gasteiger partial charge is 0.506 e. The average Bonchev–Trinajstić information content (AvgIpc) is 2.30. The van der Waals surface area contributed by atoms with Gasteiger partial charge in [-0.2, -0.15) is 0 Å². The van der Waals surface area contributed by atoms with Crippen LogP contribution in [-0.4, -0.2) is 27.7 Å². The van der Waals surface area contributed by atoms with E-state index in [0.717, 1.165) is 5.39 Å². The highest BCUT2D eigenvalue weighted by molar-refractivity contribution is 5.84. The van der Waals surface area contributed by atoms with Crippen molar-refractivity contribution in [3.8, 4) is 5.75 Å². The molecule has 0 aliphatic carbocycles. The number of pyridine rings is 1. The first-order valence-corrected chi connectivity index (χ1v) is 5.17. The summed E-state index contributed by atoms with van der Waals surface area (Å²) in [7, 11) is 0. The van der Waals surface area contributed by atoms with Crippen molar-refractivity contribution in [3.63, 3.8) is 0 Å². The number of phenolic OH excluding ortho intramolecular Hbond substituents is 1. The van der Waals surface area contributed by atoms with E-state index in [1.165, 1.54) is 0 Å². The summed E-state index contributed by atoms with van der Waals surface area (Å²) in [5, 5.41) is 21.7. The van der Waals surface area contributed by atoms with E-state index >= 15 is 0 Å². The lowest BCUT2D eigenvalue weighted by atomic mass is 10.2. The predicted octanol–water partition coefficient (Wildman–Crippen LogP) is 1.11. The van der Waals surface area contributed by atoms with Gasteiger partial charge in [-0.05, 0) is 12.1 Å². The number of fused-ring (bicyclic) bond motifs is 1. The van der Waals surface area contributed by atoms with E-state index in [1.807, 2.05) is 12.1 Å². The normalized spacial score (nSPS) is 10.6. The van der Waals surface area contributed by atoms with Gasteiger partial charge in [0.25, 0.3) is 0 Å². The lowest BCUT2D eigenvalue weighted by Gasteiger charge is -2.04. The summed E-state index contributed by atoms with van der Waals surface area (Å²) in [5.41, 5.74) is 1.22. The number of carboxylic acid groups (broad SMARTS) is 1. The fourth-order valence-corrected chi connectivity index (χ4v) is 1.57. The summed E-state index contributed by atoms with van der Waals surface area (Å²) in [6.45, 7) is 0.247. The molecule has 0 bridgehead atoms. The number of carbonyl (C=O) groups is 1. The smallest absolute Gasteiger partial charge is 0.317 e. The number of rotatable bonds is 4. The Hall–Kier alpha value is -2.14. The number of hydrogen-bond acceptors (Lipinski definition) is 4.